The van der Waals surface area contributed by atoms with E-state index in [4.69, 9.17) is 0 Å². The fourth-order valence-corrected chi connectivity index (χ4v) is 5.56. The molecule has 0 spiro atoms. The highest BCUT2D eigenvalue weighted by Gasteiger charge is 2.32. The van der Waals surface area contributed by atoms with Crippen LogP contribution in [0.25, 0.3) is 10.9 Å². The summed E-state index contributed by atoms with van der Waals surface area (Å²) >= 11 is 0. The number of hydrogen-bond acceptors (Lipinski definition) is 5. The molecule has 0 saturated heterocycles. The summed E-state index contributed by atoms with van der Waals surface area (Å²) in [6.45, 7) is 7.73. The van der Waals surface area contributed by atoms with Gasteiger partial charge in [-0.25, -0.2) is 4.68 Å². The molecule has 1 aliphatic carbocycles. The molecule has 1 saturated carbocycles. The van der Waals surface area contributed by atoms with E-state index in [1.54, 1.807) is 0 Å². The summed E-state index contributed by atoms with van der Waals surface area (Å²) < 4.78 is 2.00. The monoisotopic (exact) mass is 470 g/mol. The number of nitrogens with zero attached hydrogens (tertiary/aromatic N) is 5. The molecule has 4 aromatic rings. The molecule has 1 aliphatic rings. The first-order chi connectivity index (χ1) is 17.0. The molecule has 7 heteroatoms. The Morgan fingerprint density at radius 2 is 1.86 bits per heavy atom. The van der Waals surface area contributed by atoms with Crippen LogP contribution in [-0.4, -0.2) is 36.6 Å². The van der Waals surface area contributed by atoms with Gasteiger partial charge in [0.1, 0.15) is 6.04 Å². The van der Waals surface area contributed by atoms with E-state index in [1.807, 2.05) is 16.8 Å². The second kappa shape index (κ2) is 10.1. The third kappa shape index (κ3) is 4.78. The average molecular weight is 471 g/mol. The molecule has 182 valence electrons. The number of aromatic nitrogens is 5. The van der Waals surface area contributed by atoms with E-state index in [-0.39, 0.29) is 17.6 Å². The molecular formula is C28H34N6O. The molecule has 35 heavy (non-hydrogen) atoms. The van der Waals surface area contributed by atoms with Crippen molar-refractivity contribution >= 4 is 10.9 Å². The van der Waals surface area contributed by atoms with E-state index in [0.29, 0.717) is 12.1 Å². The highest BCUT2D eigenvalue weighted by molar-refractivity contribution is 5.83. The molecule has 1 N–H and O–H groups in total. The lowest BCUT2D eigenvalue weighted by Gasteiger charge is -2.32. The molecule has 5 rings (SSSR count). The first-order valence-electron chi connectivity index (χ1n) is 12.7. The number of hydrogen-bond donors (Lipinski definition) is 1. The van der Waals surface area contributed by atoms with E-state index in [1.165, 1.54) is 24.8 Å². The van der Waals surface area contributed by atoms with Crippen LogP contribution in [0, 0.1) is 13.8 Å². The van der Waals surface area contributed by atoms with Crippen molar-refractivity contribution in [3.8, 4) is 0 Å². The Balaban J connectivity index is 1.67. The molecule has 0 aliphatic heterocycles. The van der Waals surface area contributed by atoms with Crippen LogP contribution in [0.2, 0.25) is 0 Å². The van der Waals surface area contributed by atoms with Crippen LogP contribution >= 0.6 is 0 Å². The van der Waals surface area contributed by atoms with Crippen LogP contribution in [0.5, 0.6) is 0 Å². The summed E-state index contributed by atoms with van der Waals surface area (Å²) in [5.41, 5.74) is 4.95. The van der Waals surface area contributed by atoms with Gasteiger partial charge in [-0.15, -0.1) is 5.10 Å². The predicted molar refractivity (Wildman–Crippen MR) is 138 cm³/mol. The van der Waals surface area contributed by atoms with Gasteiger partial charge in [-0.05, 0) is 72.5 Å². The van der Waals surface area contributed by atoms with Gasteiger partial charge in [-0.3, -0.25) is 9.69 Å². The van der Waals surface area contributed by atoms with Gasteiger partial charge in [0.25, 0.3) is 5.56 Å². The standard InChI is InChI=1S/C28H34N6O/c1-4-33(18-21-11-7-5-8-12-21)26(27-30-31-32-34(27)22-13-9-6-10-14-22)24-17-23-20(3)15-19(2)16-25(23)29-28(24)35/h5,7-8,11-12,15-17,22,26H,4,6,9-10,13-14,18H2,1-3H3,(H,29,35)/t26-/m1/s1. The lowest BCUT2D eigenvalue weighted by molar-refractivity contribution is 0.204. The molecule has 7 nitrogen and oxygen atoms in total. The molecular weight excluding hydrogens is 436 g/mol. The number of pyridine rings is 1. The minimum absolute atomic E-state index is 0.0859. The maximum absolute atomic E-state index is 13.6. The molecule has 0 amide bonds. The lowest BCUT2D eigenvalue weighted by Crippen LogP contribution is -2.35. The number of benzene rings is 2. The van der Waals surface area contributed by atoms with Crippen molar-refractivity contribution in [2.45, 2.75) is 71.5 Å². The van der Waals surface area contributed by atoms with Crippen molar-refractivity contribution in [1.82, 2.24) is 30.1 Å². The highest BCUT2D eigenvalue weighted by Crippen LogP contribution is 2.34. The third-order valence-electron chi connectivity index (χ3n) is 7.32. The summed E-state index contributed by atoms with van der Waals surface area (Å²) in [6, 6.07) is 16.6. The average Bonchev–Trinajstić information content (AvgIpc) is 3.34. The van der Waals surface area contributed by atoms with Gasteiger partial charge in [0.05, 0.1) is 6.04 Å². The SMILES string of the molecule is CCN(Cc1ccccc1)[C@H](c1cc2c(C)cc(C)cc2[nH]c1=O)c1nnnn1C1CCCCC1. The van der Waals surface area contributed by atoms with E-state index in [0.717, 1.165) is 47.2 Å². The molecule has 2 heterocycles. The van der Waals surface area contributed by atoms with Crippen molar-refractivity contribution in [1.29, 1.82) is 0 Å². The summed E-state index contributed by atoms with van der Waals surface area (Å²) in [7, 11) is 0. The van der Waals surface area contributed by atoms with Crippen LogP contribution in [-0.2, 0) is 6.54 Å². The van der Waals surface area contributed by atoms with E-state index in [2.05, 4.69) is 82.6 Å². The lowest BCUT2D eigenvalue weighted by atomic mass is 9.94. The highest BCUT2D eigenvalue weighted by atomic mass is 16.1. The fourth-order valence-electron chi connectivity index (χ4n) is 5.56. The zero-order valence-corrected chi connectivity index (χ0v) is 20.9. The maximum atomic E-state index is 13.6. The van der Waals surface area contributed by atoms with Gasteiger partial charge in [0.2, 0.25) is 0 Å². The number of rotatable bonds is 7. The Hall–Kier alpha value is -3.32. The Morgan fingerprint density at radius 1 is 1.09 bits per heavy atom. The number of fused-ring (bicyclic) bond motifs is 1. The van der Waals surface area contributed by atoms with Gasteiger partial charge in [0, 0.05) is 23.0 Å². The van der Waals surface area contributed by atoms with Gasteiger partial charge < -0.3 is 4.98 Å². The first-order valence-corrected chi connectivity index (χ1v) is 12.7. The third-order valence-corrected chi connectivity index (χ3v) is 7.32. The summed E-state index contributed by atoms with van der Waals surface area (Å²) in [5.74, 6) is 0.754. The fraction of sp³-hybridized carbons (Fsp3) is 0.429. The van der Waals surface area contributed by atoms with Crippen LogP contribution in [0.1, 0.15) is 79.2 Å². The van der Waals surface area contributed by atoms with Crippen LogP contribution in [0.3, 0.4) is 0 Å². The topological polar surface area (TPSA) is 79.7 Å². The Kier molecular flexibility index (Phi) is 6.77. The molecule has 0 radical (unpaired) electrons. The number of nitrogens with one attached hydrogen (secondary N) is 1. The predicted octanol–water partition coefficient (Wildman–Crippen LogP) is 5.25. The molecule has 0 unspecified atom stereocenters. The largest absolute Gasteiger partial charge is 0.322 e. The van der Waals surface area contributed by atoms with Crippen LogP contribution < -0.4 is 5.56 Å². The van der Waals surface area contributed by atoms with Gasteiger partial charge in [0.15, 0.2) is 5.82 Å². The van der Waals surface area contributed by atoms with Gasteiger partial charge in [-0.2, -0.15) is 0 Å². The van der Waals surface area contributed by atoms with Gasteiger partial charge in [-0.1, -0.05) is 62.6 Å². The second-order valence-electron chi connectivity index (χ2n) is 9.82. The number of H-pyrrole nitrogens is 1. The van der Waals surface area contributed by atoms with E-state index >= 15 is 0 Å². The van der Waals surface area contributed by atoms with Gasteiger partial charge >= 0.3 is 0 Å². The Labute approximate surface area is 206 Å². The summed E-state index contributed by atoms with van der Waals surface area (Å²) in [6.07, 6.45) is 5.77. The zero-order valence-electron chi connectivity index (χ0n) is 20.9. The van der Waals surface area contributed by atoms with Crippen molar-refractivity contribution in [3.05, 3.63) is 87.0 Å². The Bertz CT molecular complexity index is 1350. The smallest absolute Gasteiger partial charge is 0.253 e. The molecule has 1 fully saturated rings. The van der Waals surface area contributed by atoms with Crippen molar-refractivity contribution in [3.63, 3.8) is 0 Å². The molecule has 2 aromatic heterocycles. The minimum atomic E-state index is -0.356. The summed E-state index contributed by atoms with van der Waals surface area (Å²) in [5, 5.41) is 14.2. The van der Waals surface area contributed by atoms with E-state index in [9.17, 15) is 4.79 Å². The van der Waals surface area contributed by atoms with Crippen molar-refractivity contribution in [2.75, 3.05) is 6.54 Å². The van der Waals surface area contributed by atoms with Crippen LogP contribution in [0.15, 0.2) is 53.3 Å². The van der Waals surface area contributed by atoms with E-state index < -0.39 is 0 Å². The molecule has 0 bridgehead atoms. The number of aromatic amines is 1. The minimum Gasteiger partial charge on any atom is -0.322 e. The molecule has 2 aromatic carbocycles. The summed E-state index contributed by atoms with van der Waals surface area (Å²) in [4.78, 5) is 19.1. The maximum Gasteiger partial charge on any atom is 0.253 e. The molecule has 1 atom stereocenters. The number of tetrazole rings is 1. The number of aryl methyl sites for hydroxylation is 2. The second-order valence-corrected chi connectivity index (χ2v) is 9.82. The first kappa shape index (κ1) is 23.4. The van der Waals surface area contributed by atoms with Crippen LogP contribution in [0.4, 0.5) is 0 Å². The quantitative estimate of drug-likeness (QED) is 0.399. The van der Waals surface area contributed by atoms with Crippen molar-refractivity contribution < 1.29 is 0 Å². The zero-order chi connectivity index (χ0) is 24.4. The van der Waals surface area contributed by atoms with Crippen molar-refractivity contribution in [2.24, 2.45) is 0 Å². The normalized spacial score (nSPS) is 15.7. The Morgan fingerprint density at radius 3 is 2.60 bits per heavy atom.